The third-order valence-electron chi connectivity index (χ3n) is 6.86. The fraction of sp³-hybridized carbons (Fsp3) is 0. The summed E-state index contributed by atoms with van der Waals surface area (Å²) in [6.45, 7) is 0. The van der Waals surface area contributed by atoms with E-state index < -0.39 is 17.7 Å². The van der Waals surface area contributed by atoms with Crippen LogP contribution >= 0.6 is 23.2 Å². The Morgan fingerprint density at radius 3 is 1.12 bits per heavy atom. The molecule has 0 saturated heterocycles. The van der Waals surface area contributed by atoms with E-state index in [9.17, 15) is 16.8 Å². The molecule has 0 saturated carbocycles. The molecule has 0 unspecified atom stereocenters. The predicted octanol–water partition coefficient (Wildman–Crippen LogP) is 8.80. The highest BCUT2D eigenvalue weighted by atomic mass is 35.5. The van der Waals surface area contributed by atoms with Crippen LogP contribution in [0, 0.1) is 0 Å². The monoisotopic (exact) mass is 602 g/mol. The number of benzene rings is 6. The highest BCUT2D eigenvalue weighted by Gasteiger charge is 2.40. The fourth-order valence-electron chi connectivity index (χ4n) is 4.96. The van der Waals surface area contributed by atoms with E-state index in [1.165, 1.54) is 0 Å². The molecule has 0 bridgehead atoms. The lowest BCUT2D eigenvalue weighted by molar-refractivity contribution is 0.584. The smallest absolute Gasteiger partial charge is 0.207 e. The van der Waals surface area contributed by atoms with Crippen molar-refractivity contribution < 1.29 is 16.8 Å². The van der Waals surface area contributed by atoms with Crippen molar-refractivity contribution in [2.24, 2.45) is 0 Å². The standard InChI is InChI=1S/C32H20Cl2O4S2/c33-25-15-9-23(10-16-25)29-19-13-21-5-1-3-7-27(21)31(29)39(35,36)40(37,38)32-28-8-4-2-6-22(28)14-20-30(32)24-11-17-26(34)18-12-24/h1-20H. The Morgan fingerprint density at radius 1 is 0.400 bits per heavy atom. The van der Waals surface area contributed by atoms with Crippen molar-refractivity contribution >= 4 is 62.5 Å². The third kappa shape index (κ3) is 4.38. The molecule has 0 radical (unpaired) electrons. The number of hydrogen-bond donors (Lipinski definition) is 0. The molecule has 198 valence electrons. The molecular formula is C32H20Cl2O4S2. The first-order valence-electron chi connectivity index (χ1n) is 12.2. The molecule has 6 aromatic rings. The predicted molar refractivity (Wildman–Crippen MR) is 163 cm³/mol. The lowest BCUT2D eigenvalue weighted by atomic mass is 10.0. The van der Waals surface area contributed by atoms with Gasteiger partial charge in [-0.2, -0.15) is 0 Å². The molecule has 0 fully saturated rings. The summed E-state index contributed by atoms with van der Waals surface area (Å²) >= 11 is 12.2. The minimum atomic E-state index is -5.02. The lowest BCUT2D eigenvalue weighted by Gasteiger charge is -2.18. The fourth-order valence-corrected chi connectivity index (χ4v) is 9.86. The first-order valence-corrected chi connectivity index (χ1v) is 16.5. The van der Waals surface area contributed by atoms with E-state index in [-0.39, 0.29) is 20.9 Å². The number of fused-ring (bicyclic) bond motifs is 2. The van der Waals surface area contributed by atoms with Gasteiger partial charge in [0.1, 0.15) is 0 Å². The second-order valence-electron chi connectivity index (χ2n) is 9.25. The van der Waals surface area contributed by atoms with Crippen molar-refractivity contribution in [3.63, 3.8) is 0 Å². The summed E-state index contributed by atoms with van der Waals surface area (Å²) in [4.78, 5) is -0.550. The van der Waals surface area contributed by atoms with E-state index in [2.05, 4.69) is 0 Å². The van der Waals surface area contributed by atoms with Crippen LogP contribution < -0.4 is 0 Å². The average Bonchev–Trinajstić information content (AvgIpc) is 2.96. The molecule has 0 N–H and O–H groups in total. The molecule has 0 heterocycles. The Bertz CT molecular complexity index is 1980. The van der Waals surface area contributed by atoms with Crippen LogP contribution in [0.2, 0.25) is 10.0 Å². The number of halogens is 2. The van der Waals surface area contributed by atoms with Crippen LogP contribution in [0.25, 0.3) is 43.8 Å². The lowest BCUT2D eigenvalue weighted by Crippen LogP contribution is -2.19. The van der Waals surface area contributed by atoms with Gasteiger partial charge in [0.25, 0.3) is 17.7 Å². The van der Waals surface area contributed by atoms with Gasteiger partial charge >= 0.3 is 0 Å². The van der Waals surface area contributed by atoms with Crippen LogP contribution in [0.3, 0.4) is 0 Å². The maximum absolute atomic E-state index is 14.6. The maximum Gasteiger partial charge on any atom is 0.287 e. The van der Waals surface area contributed by atoms with Crippen molar-refractivity contribution in [2.75, 3.05) is 0 Å². The van der Waals surface area contributed by atoms with Gasteiger partial charge in [-0.1, -0.05) is 120 Å². The van der Waals surface area contributed by atoms with Gasteiger partial charge < -0.3 is 0 Å². The normalized spacial score (nSPS) is 12.2. The minimum absolute atomic E-state index is 0.271. The van der Waals surface area contributed by atoms with Gasteiger partial charge in [0.15, 0.2) is 0 Å². The van der Waals surface area contributed by atoms with Crippen LogP contribution in [0.4, 0.5) is 0 Å². The van der Waals surface area contributed by atoms with Gasteiger partial charge in [-0.05, 0) is 46.2 Å². The molecule has 0 amide bonds. The number of rotatable bonds is 5. The zero-order chi connectivity index (χ0) is 28.1. The first-order chi connectivity index (χ1) is 19.2. The molecular weight excluding hydrogens is 583 g/mol. The second kappa shape index (κ2) is 10.1. The van der Waals surface area contributed by atoms with E-state index in [4.69, 9.17) is 23.2 Å². The molecule has 6 rings (SSSR count). The summed E-state index contributed by atoms with van der Waals surface area (Å²) in [5.41, 5.74) is 1.60. The summed E-state index contributed by atoms with van der Waals surface area (Å²) in [5, 5.41) is 2.78. The van der Waals surface area contributed by atoms with Crippen molar-refractivity contribution in [1.82, 2.24) is 0 Å². The molecule has 0 aliphatic heterocycles. The molecule has 0 spiro atoms. The van der Waals surface area contributed by atoms with Gasteiger partial charge in [0.05, 0.1) is 9.79 Å². The highest BCUT2D eigenvalue weighted by Crippen LogP contribution is 2.43. The van der Waals surface area contributed by atoms with Crippen LogP contribution in [0.5, 0.6) is 0 Å². The van der Waals surface area contributed by atoms with Crippen LogP contribution in [-0.2, 0) is 17.7 Å². The van der Waals surface area contributed by atoms with Gasteiger partial charge in [-0.15, -0.1) is 0 Å². The largest absolute Gasteiger partial charge is 0.287 e. The summed E-state index contributed by atoms with van der Waals surface area (Å²) in [7, 11) is -10.0. The maximum atomic E-state index is 14.6. The van der Waals surface area contributed by atoms with Crippen molar-refractivity contribution in [1.29, 1.82) is 0 Å². The summed E-state index contributed by atoms with van der Waals surface area (Å²) in [6.07, 6.45) is 0. The van der Waals surface area contributed by atoms with E-state index in [1.807, 2.05) is 0 Å². The molecule has 0 atom stereocenters. The number of hydrogen-bond acceptors (Lipinski definition) is 4. The molecule has 40 heavy (non-hydrogen) atoms. The van der Waals surface area contributed by atoms with Gasteiger partial charge in [-0.25, -0.2) is 16.8 Å². The molecule has 0 aromatic heterocycles. The minimum Gasteiger partial charge on any atom is -0.207 e. The summed E-state index contributed by atoms with van der Waals surface area (Å²) < 4.78 is 58.3. The molecule has 0 aliphatic carbocycles. The Balaban J connectivity index is 1.71. The van der Waals surface area contributed by atoms with Gasteiger partial charge in [0.2, 0.25) is 0 Å². The Labute approximate surface area is 241 Å². The zero-order valence-electron chi connectivity index (χ0n) is 20.8. The topological polar surface area (TPSA) is 68.3 Å². The van der Waals surface area contributed by atoms with E-state index in [0.29, 0.717) is 42.7 Å². The van der Waals surface area contributed by atoms with Crippen LogP contribution in [-0.4, -0.2) is 16.8 Å². The summed E-state index contributed by atoms with van der Waals surface area (Å²) in [5.74, 6) is 0. The van der Waals surface area contributed by atoms with E-state index in [1.54, 1.807) is 121 Å². The first kappa shape index (κ1) is 26.5. The Kier molecular flexibility index (Phi) is 6.67. The zero-order valence-corrected chi connectivity index (χ0v) is 23.9. The van der Waals surface area contributed by atoms with Gasteiger partial charge in [0, 0.05) is 31.9 Å². The van der Waals surface area contributed by atoms with E-state index >= 15 is 0 Å². The average molecular weight is 604 g/mol. The third-order valence-corrected chi connectivity index (χ3v) is 12.6. The Morgan fingerprint density at radius 2 is 0.750 bits per heavy atom. The van der Waals surface area contributed by atoms with Crippen molar-refractivity contribution in [2.45, 2.75) is 9.79 Å². The van der Waals surface area contributed by atoms with Gasteiger partial charge in [-0.3, -0.25) is 0 Å². The quantitative estimate of drug-likeness (QED) is 0.185. The SMILES string of the molecule is O=S(=O)(c1c(-c2ccc(Cl)cc2)ccc2ccccc12)S(=O)(=O)c1c(-c2ccc(Cl)cc2)ccc2ccccc12. The molecule has 6 aromatic carbocycles. The van der Waals surface area contributed by atoms with E-state index in [0.717, 1.165) is 0 Å². The van der Waals surface area contributed by atoms with Crippen LogP contribution in [0.1, 0.15) is 0 Å². The highest BCUT2D eigenvalue weighted by molar-refractivity contribution is 8.67. The summed E-state index contributed by atoms with van der Waals surface area (Å²) in [6, 6.07) is 33.8. The molecule has 0 aliphatic rings. The molecule has 4 nitrogen and oxygen atoms in total. The second-order valence-corrected chi connectivity index (χ2v) is 15.4. The van der Waals surface area contributed by atoms with Crippen molar-refractivity contribution in [3.8, 4) is 22.3 Å². The Hall–Kier alpha value is -3.68. The molecule has 8 heteroatoms. The van der Waals surface area contributed by atoms with Crippen LogP contribution in [0.15, 0.2) is 131 Å². The van der Waals surface area contributed by atoms with Crippen molar-refractivity contribution in [3.05, 3.63) is 131 Å².